The highest BCUT2D eigenvalue weighted by Crippen LogP contribution is 2.29. The number of rotatable bonds is 11. The van der Waals surface area contributed by atoms with Gasteiger partial charge in [0, 0.05) is 17.9 Å². The molecule has 190 valence electrons. The van der Waals surface area contributed by atoms with Crippen molar-refractivity contribution in [3.8, 4) is 23.0 Å². The van der Waals surface area contributed by atoms with Gasteiger partial charge in [0.1, 0.15) is 11.5 Å². The van der Waals surface area contributed by atoms with Crippen LogP contribution in [-0.2, 0) is 11.3 Å². The fraction of sp³-hybridized carbons (Fsp3) is 0.194. The minimum Gasteiger partial charge on any atom is -0.490 e. The predicted octanol–water partition coefficient (Wildman–Crippen LogP) is 7.12. The molecule has 0 atom stereocenters. The fourth-order valence-electron chi connectivity index (χ4n) is 3.80. The number of amides is 1. The van der Waals surface area contributed by atoms with Crippen LogP contribution in [0.15, 0.2) is 91.0 Å². The van der Waals surface area contributed by atoms with Crippen molar-refractivity contribution in [3.05, 3.63) is 108 Å². The van der Waals surface area contributed by atoms with Crippen LogP contribution >= 0.6 is 0 Å². The molecule has 0 saturated heterocycles. The number of anilines is 2. The van der Waals surface area contributed by atoms with Crippen LogP contribution in [-0.4, -0.2) is 19.1 Å². The summed E-state index contributed by atoms with van der Waals surface area (Å²) < 4.78 is 17.4. The van der Waals surface area contributed by atoms with E-state index in [0.29, 0.717) is 24.7 Å². The Morgan fingerprint density at radius 1 is 0.784 bits per heavy atom. The van der Waals surface area contributed by atoms with E-state index < -0.39 is 0 Å². The Kier molecular flexibility index (Phi) is 8.66. The lowest BCUT2D eigenvalue weighted by atomic mass is 10.1. The van der Waals surface area contributed by atoms with Gasteiger partial charge in [-0.25, -0.2) is 0 Å². The van der Waals surface area contributed by atoms with Gasteiger partial charge < -0.3 is 24.8 Å². The van der Waals surface area contributed by atoms with E-state index in [1.54, 1.807) is 0 Å². The fourth-order valence-corrected chi connectivity index (χ4v) is 3.80. The maximum atomic E-state index is 12.4. The molecule has 0 fully saturated rings. The van der Waals surface area contributed by atoms with Crippen LogP contribution in [0.4, 0.5) is 11.4 Å². The van der Waals surface area contributed by atoms with E-state index in [1.807, 2.05) is 112 Å². The summed E-state index contributed by atoms with van der Waals surface area (Å²) in [5, 5.41) is 6.31. The number of nitrogens with one attached hydrogen (secondary N) is 2. The van der Waals surface area contributed by atoms with Crippen molar-refractivity contribution in [2.75, 3.05) is 23.8 Å². The molecule has 1 amide bonds. The number of hydrogen-bond donors (Lipinski definition) is 2. The van der Waals surface area contributed by atoms with Gasteiger partial charge in [-0.05, 0) is 86.5 Å². The maximum absolute atomic E-state index is 12.4. The summed E-state index contributed by atoms with van der Waals surface area (Å²) >= 11 is 0. The summed E-state index contributed by atoms with van der Waals surface area (Å²) in [5.74, 6) is 2.49. The summed E-state index contributed by atoms with van der Waals surface area (Å²) in [4.78, 5) is 12.4. The van der Waals surface area contributed by atoms with Gasteiger partial charge in [-0.15, -0.1) is 0 Å². The van der Waals surface area contributed by atoms with Crippen molar-refractivity contribution < 1.29 is 19.0 Å². The van der Waals surface area contributed by atoms with Crippen molar-refractivity contribution in [2.45, 2.75) is 27.3 Å². The lowest BCUT2D eigenvalue weighted by Crippen LogP contribution is -2.21. The first-order valence-corrected chi connectivity index (χ1v) is 12.3. The Hall–Kier alpha value is -4.45. The minimum absolute atomic E-state index is 0.109. The number of hydrogen-bond acceptors (Lipinski definition) is 5. The van der Waals surface area contributed by atoms with E-state index >= 15 is 0 Å². The molecule has 0 aliphatic carbocycles. The van der Waals surface area contributed by atoms with Crippen LogP contribution in [0.1, 0.15) is 23.6 Å². The van der Waals surface area contributed by atoms with Gasteiger partial charge in [0.2, 0.25) is 0 Å². The smallest absolute Gasteiger partial charge is 0.262 e. The zero-order chi connectivity index (χ0) is 26.0. The first kappa shape index (κ1) is 25.6. The highest BCUT2D eigenvalue weighted by Gasteiger charge is 2.11. The van der Waals surface area contributed by atoms with E-state index in [4.69, 9.17) is 14.2 Å². The van der Waals surface area contributed by atoms with Gasteiger partial charge in [-0.1, -0.05) is 42.0 Å². The molecule has 0 spiro atoms. The van der Waals surface area contributed by atoms with Crippen LogP contribution in [0.2, 0.25) is 0 Å². The van der Waals surface area contributed by atoms with Gasteiger partial charge in [0.05, 0.1) is 6.61 Å². The van der Waals surface area contributed by atoms with E-state index in [-0.39, 0.29) is 12.5 Å². The molecule has 0 aliphatic rings. The molecule has 2 N–H and O–H groups in total. The number of carbonyl (C=O) groups excluding carboxylic acids is 1. The number of carbonyl (C=O) groups is 1. The third kappa shape index (κ3) is 7.51. The molecule has 0 radical (unpaired) electrons. The molecule has 0 bridgehead atoms. The Balaban J connectivity index is 1.32. The molecule has 0 heterocycles. The highest BCUT2D eigenvalue weighted by atomic mass is 16.5. The third-order valence-electron chi connectivity index (χ3n) is 5.65. The predicted molar refractivity (Wildman–Crippen MR) is 148 cm³/mol. The lowest BCUT2D eigenvalue weighted by Gasteiger charge is -2.15. The van der Waals surface area contributed by atoms with Crippen molar-refractivity contribution in [2.24, 2.45) is 0 Å². The van der Waals surface area contributed by atoms with Gasteiger partial charge in [-0.3, -0.25) is 4.79 Å². The largest absolute Gasteiger partial charge is 0.490 e. The van der Waals surface area contributed by atoms with Gasteiger partial charge >= 0.3 is 0 Å². The normalized spacial score (nSPS) is 10.5. The van der Waals surface area contributed by atoms with Gasteiger partial charge in [0.15, 0.2) is 18.1 Å². The van der Waals surface area contributed by atoms with Crippen LogP contribution < -0.4 is 24.8 Å². The Labute approximate surface area is 218 Å². The van der Waals surface area contributed by atoms with E-state index in [9.17, 15) is 4.79 Å². The summed E-state index contributed by atoms with van der Waals surface area (Å²) in [7, 11) is 0. The second-order valence-electron chi connectivity index (χ2n) is 8.66. The molecular weight excluding hydrogens is 464 g/mol. The Morgan fingerprint density at radius 3 is 2.27 bits per heavy atom. The van der Waals surface area contributed by atoms with Crippen molar-refractivity contribution in [1.82, 2.24) is 0 Å². The monoisotopic (exact) mass is 496 g/mol. The van der Waals surface area contributed by atoms with Gasteiger partial charge in [0.25, 0.3) is 5.91 Å². The van der Waals surface area contributed by atoms with E-state index in [2.05, 4.69) is 10.6 Å². The van der Waals surface area contributed by atoms with E-state index in [0.717, 1.165) is 39.6 Å². The first-order valence-electron chi connectivity index (χ1n) is 12.3. The zero-order valence-electron chi connectivity index (χ0n) is 21.4. The van der Waals surface area contributed by atoms with Crippen molar-refractivity contribution in [3.63, 3.8) is 0 Å². The minimum atomic E-state index is -0.222. The summed E-state index contributed by atoms with van der Waals surface area (Å²) in [6.07, 6.45) is 0. The molecule has 37 heavy (non-hydrogen) atoms. The second kappa shape index (κ2) is 12.5. The summed E-state index contributed by atoms with van der Waals surface area (Å²) in [6, 6.07) is 29.1. The second-order valence-corrected chi connectivity index (χ2v) is 8.66. The van der Waals surface area contributed by atoms with Crippen LogP contribution in [0.5, 0.6) is 23.0 Å². The molecule has 0 saturated carbocycles. The summed E-state index contributed by atoms with van der Waals surface area (Å²) in [5.41, 5.74) is 4.95. The van der Waals surface area contributed by atoms with Crippen LogP contribution in [0, 0.1) is 13.8 Å². The van der Waals surface area contributed by atoms with E-state index in [1.165, 1.54) is 0 Å². The van der Waals surface area contributed by atoms with Gasteiger partial charge in [-0.2, -0.15) is 0 Å². The molecule has 6 heteroatoms. The number of benzene rings is 4. The highest BCUT2D eigenvalue weighted by molar-refractivity contribution is 5.92. The molecule has 0 unspecified atom stereocenters. The summed E-state index contributed by atoms with van der Waals surface area (Å²) in [6.45, 7) is 6.89. The number of aryl methyl sites for hydroxylation is 2. The van der Waals surface area contributed by atoms with Crippen molar-refractivity contribution >= 4 is 17.3 Å². The molecule has 0 aliphatic heterocycles. The lowest BCUT2D eigenvalue weighted by molar-refractivity contribution is -0.118. The first-order chi connectivity index (χ1) is 18.0. The zero-order valence-corrected chi connectivity index (χ0v) is 21.4. The number of para-hydroxylation sites is 1. The van der Waals surface area contributed by atoms with Crippen molar-refractivity contribution in [1.29, 1.82) is 0 Å². The quantitative estimate of drug-likeness (QED) is 0.231. The molecular formula is C31H32N2O4. The molecule has 4 aromatic carbocycles. The SMILES string of the molecule is CCOc1cc(CNc2ccc(Oc3ccccc3)cc2)ccc1OCC(=O)Nc1ccc(C)cc1C. The maximum Gasteiger partial charge on any atom is 0.262 e. The molecule has 4 rings (SSSR count). The molecule has 4 aromatic rings. The Morgan fingerprint density at radius 2 is 1.54 bits per heavy atom. The van der Waals surface area contributed by atoms with Crippen LogP contribution in [0.25, 0.3) is 0 Å². The number of ether oxygens (including phenoxy) is 3. The molecule has 6 nitrogen and oxygen atoms in total. The molecule has 0 aromatic heterocycles. The standard InChI is InChI=1S/C31H32N2O4/c1-4-35-30-19-24(20-32-25-12-14-27(15-13-25)37-26-8-6-5-7-9-26)11-17-29(30)36-21-31(34)33-28-16-10-22(2)18-23(28)3/h5-19,32H,4,20-21H2,1-3H3,(H,33,34). The Bertz CT molecular complexity index is 1320. The topological polar surface area (TPSA) is 68.8 Å². The average Bonchev–Trinajstić information content (AvgIpc) is 2.90. The average molecular weight is 497 g/mol. The van der Waals surface area contributed by atoms with Crippen LogP contribution in [0.3, 0.4) is 0 Å². The third-order valence-corrected chi connectivity index (χ3v) is 5.65.